The van der Waals surface area contributed by atoms with Crippen LogP contribution in [0.15, 0.2) is 98.1 Å². The van der Waals surface area contributed by atoms with Gasteiger partial charge in [-0.1, -0.05) is 175 Å². The van der Waals surface area contributed by atoms with E-state index in [0.717, 1.165) is 26.2 Å². The Morgan fingerprint density at radius 3 is 0.819 bits per heavy atom. The quantitative estimate of drug-likeness (QED) is 0.0253. The molecule has 8 nitrogen and oxygen atoms in total. The summed E-state index contributed by atoms with van der Waals surface area (Å²) in [6.45, 7) is 16.4. The molecule has 4 aromatic rings. The summed E-state index contributed by atoms with van der Waals surface area (Å²) in [6.07, 6.45) is 49.3. The second-order valence-corrected chi connectivity index (χ2v) is 18.5. The van der Waals surface area contributed by atoms with E-state index in [0.29, 0.717) is 40.0 Å². The standard InChI is InChI=1S/2C29H48N2O2.6CH4/c1-3-5-7-9-11-13-19-30-21-15-28(16-22-30)25-32-27-33-26-29-17-23-31(24-18-29)20-14-12-10-8-6-4-2;1-3-5-7-9-11-13-19-30-21-15-17-28(23-30)25-32-27-33-26-29-18-16-22-31(24-29)20-14-12-10-8-6-4-2;;;;;;/h2*15-18,21-24H,3-14,19-20,25-27H2,1-2H3;6*1H4/q2*+2;;;;;;. The van der Waals surface area contributed by atoms with Gasteiger partial charge in [0.25, 0.3) is 0 Å². The van der Waals surface area contributed by atoms with E-state index in [-0.39, 0.29) is 44.6 Å². The third-order valence-corrected chi connectivity index (χ3v) is 12.2. The maximum Gasteiger partial charge on any atom is 0.174 e. The first-order chi connectivity index (χ1) is 32.6. The molecular weight excluding hydrogens is 889 g/mol. The van der Waals surface area contributed by atoms with Gasteiger partial charge in [-0.2, -0.15) is 0 Å². The maximum absolute atomic E-state index is 5.77. The molecule has 4 aromatic heterocycles. The normalized spacial score (nSPS) is 10.3. The van der Waals surface area contributed by atoms with Crippen LogP contribution in [0.4, 0.5) is 0 Å². The molecule has 0 aromatic carbocycles. The van der Waals surface area contributed by atoms with Crippen molar-refractivity contribution in [2.45, 2.75) is 279 Å². The van der Waals surface area contributed by atoms with Crippen molar-refractivity contribution in [1.82, 2.24) is 0 Å². The van der Waals surface area contributed by atoms with Gasteiger partial charge in [0.05, 0.1) is 26.4 Å². The summed E-state index contributed by atoms with van der Waals surface area (Å²) in [5.74, 6) is 0. The lowest BCUT2D eigenvalue weighted by Crippen LogP contribution is -2.33. The molecule has 0 atom stereocenters. The maximum atomic E-state index is 5.77. The molecular formula is C64H120N4O4+4. The van der Waals surface area contributed by atoms with Crippen molar-refractivity contribution < 1.29 is 37.2 Å². The summed E-state index contributed by atoms with van der Waals surface area (Å²) in [4.78, 5) is 0. The van der Waals surface area contributed by atoms with Crippen LogP contribution in [0.5, 0.6) is 0 Å². The molecule has 0 bridgehead atoms. The zero-order valence-electron chi connectivity index (χ0n) is 42.7. The highest BCUT2D eigenvalue weighted by atomic mass is 16.7. The predicted molar refractivity (Wildman–Crippen MR) is 309 cm³/mol. The minimum Gasteiger partial charge on any atom is -0.351 e. The first-order valence-corrected chi connectivity index (χ1v) is 26.9. The van der Waals surface area contributed by atoms with Crippen LogP contribution in [0.1, 0.15) is 249 Å². The molecule has 72 heavy (non-hydrogen) atoms. The Morgan fingerprint density at radius 1 is 0.278 bits per heavy atom. The van der Waals surface area contributed by atoms with Gasteiger partial charge in [0, 0.05) is 73.2 Å². The Labute approximate surface area is 448 Å². The molecule has 0 radical (unpaired) electrons. The Balaban J connectivity index is -0.000000593. The molecule has 0 unspecified atom stereocenters. The van der Waals surface area contributed by atoms with Crippen LogP contribution >= 0.6 is 0 Å². The number of unbranched alkanes of at least 4 members (excludes halogenated alkanes) is 20. The Bertz CT molecular complexity index is 1560. The molecule has 0 aliphatic carbocycles. The molecule has 0 aliphatic heterocycles. The number of pyridine rings is 4. The lowest BCUT2D eigenvalue weighted by atomic mass is 10.1. The minimum absolute atomic E-state index is 0. The summed E-state index contributed by atoms with van der Waals surface area (Å²) in [7, 11) is 0. The lowest BCUT2D eigenvalue weighted by molar-refractivity contribution is -0.698. The van der Waals surface area contributed by atoms with Crippen LogP contribution in [0.2, 0.25) is 0 Å². The molecule has 416 valence electrons. The third-order valence-electron chi connectivity index (χ3n) is 12.2. The van der Waals surface area contributed by atoms with Crippen molar-refractivity contribution >= 4 is 0 Å². The fourth-order valence-electron chi connectivity index (χ4n) is 8.12. The summed E-state index contributed by atoms with van der Waals surface area (Å²) < 4.78 is 32.0. The fourth-order valence-corrected chi connectivity index (χ4v) is 8.12. The van der Waals surface area contributed by atoms with Gasteiger partial charge in [0.1, 0.15) is 39.8 Å². The van der Waals surface area contributed by atoms with Crippen molar-refractivity contribution in [2.24, 2.45) is 0 Å². The molecule has 0 spiro atoms. The zero-order valence-corrected chi connectivity index (χ0v) is 42.7. The van der Waals surface area contributed by atoms with Crippen molar-refractivity contribution in [2.75, 3.05) is 13.6 Å². The summed E-state index contributed by atoms with van der Waals surface area (Å²) in [6, 6.07) is 17.1. The highest BCUT2D eigenvalue weighted by molar-refractivity contribution is 5.07. The smallest absolute Gasteiger partial charge is 0.174 e. The SMILES string of the molecule is C.C.C.C.C.C.CCCCCCCC[n+]1ccc(COCOCc2cc[n+](CCCCCCCC)cc2)cc1.CCCCCCCC[n+]1cccc(COCOCc2ccc[n+](CCCCCCCC)c2)c1. The number of aromatic nitrogens is 4. The fraction of sp³-hybridized carbons (Fsp3) is 0.688. The van der Waals surface area contributed by atoms with Crippen LogP contribution in [-0.2, 0) is 71.6 Å². The highest BCUT2D eigenvalue weighted by Gasteiger charge is 2.07. The van der Waals surface area contributed by atoms with Crippen LogP contribution < -0.4 is 18.3 Å². The van der Waals surface area contributed by atoms with Crippen molar-refractivity contribution in [3.05, 3.63) is 120 Å². The second-order valence-electron chi connectivity index (χ2n) is 18.5. The largest absolute Gasteiger partial charge is 0.351 e. The van der Waals surface area contributed by atoms with Crippen molar-refractivity contribution in [3.63, 3.8) is 0 Å². The first-order valence-electron chi connectivity index (χ1n) is 26.9. The van der Waals surface area contributed by atoms with Gasteiger partial charge in [0.15, 0.2) is 49.6 Å². The summed E-state index contributed by atoms with van der Waals surface area (Å²) in [5.41, 5.74) is 4.77. The molecule has 0 fully saturated rings. The molecule has 0 saturated carbocycles. The molecule has 0 amide bonds. The number of rotatable bonds is 40. The molecule has 4 rings (SSSR count). The van der Waals surface area contributed by atoms with Gasteiger partial charge in [-0.3, -0.25) is 0 Å². The molecule has 0 N–H and O–H groups in total. The van der Waals surface area contributed by atoms with Gasteiger partial charge >= 0.3 is 0 Å². The summed E-state index contributed by atoms with van der Waals surface area (Å²) >= 11 is 0. The van der Waals surface area contributed by atoms with Gasteiger partial charge in [-0.05, 0) is 48.9 Å². The van der Waals surface area contributed by atoms with Crippen molar-refractivity contribution in [1.29, 1.82) is 0 Å². The van der Waals surface area contributed by atoms with Crippen LogP contribution in [0.3, 0.4) is 0 Å². The van der Waals surface area contributed by atoms with E-state index in [1.807, 2.05) is 0 Å². The topological polar surface area (TPSA) is 52.4 Å². The van der Waals surface area contributed by atoms with Crippen LogP contribution in [0, 0.1) is 0 Å². The first kappa shape index (κ1) is 75.0. The average molecular weight is 1010 g/mol. The number of hydrogen-bond donors (Lipinski definition) is 0. The highest BCUT2D eigenvalue weighted by Crippen LogP contribution is 2.09. The van der Waals surface area contributed by atoms with Gasteiger partial charge in [-0.25, -0.2) is 18.3 Å². The minimum atomic E-state index is 0. The van der Waals surface area contributed by atoms with Gasteiger partial charge < -0.3 is 18.9 Å². The number of nitrogens with zero attached hydrogens (tertiary/aromatic N) is 4. The van der Waals surface area contributed by atoms with E-state index in [1.165, 1.54) is 176 Å². The predicted octanol–water partition coefficient (Wildman–Crippen LogP) is 17.2. The number of aryl methyl sites for hydroxylation is 4. The average Bonchev–Trinajstić information content (AvgIpc) is 3.34. The third kappa shape index (κ3) is 39.9. The molecule has 8 heteroatoms. The van der Waals surface area contributed by atoms with E-state index in [9.17, 15) is 0 Å². The van der Waals surface area contributed by atoms with E-state index in [4.69, 9.17) is 18.9 Å². The Hall–Kier alpha value is -3.56. The monoisotopic (exact) mass is 1010 g/mol. The van der Waals surface area contributed by atoms with Gasteiger partial charge in [0.2, 0.25) is 0 Å². The number of ether oxygens (including phenoxy) is 4. The van der Waals surface area contributed by atoms with E-state index in [2.05, 4.69) is 144 Å². The van der Waals surface area contributed by atoms with Crippen molar-refractivity contribution in [3.8, 4) is 0 Å². The van der Waals surface area contributed by atoms with E-state index < -0.39 is 0 Å². The Morgan fingerprint density at radius 2 is 0.528 bits per heavy atom. The lowest BCUT2D eigenvalue weighted by Gasteiger charge is -2.06. The second kappa shape index (κ2) is 53.7. The molecule has 0 aliphatic rings. The number of hydrogen-bond acceptors (Lipinski definition) is 4. The van der Waals surface area contributed by atoms with E-state index in [1.54, 1.807) is 0 Å². The van der Waals surface area contributed by atoms with Crippen LogP contribution in [0.25, 0.3) is 0 Å². The molecule has 4 heterocycles. The van der Waals surface area contributed by atoms with E-state index >= 15 is 0 Å². The van der Waals surface area contributed by atoms with Gasteiger partial charge in [-0.15, -0.1) is 0 Å². The summed E-state index contributed by atoms with van der Waals surface area (Å²) in [5, 5.41) is 0. The Kier molecular flexibility index (Phi) is 55.9. The van der Waals surface area contributed by atoms with Crippen LogP contribution in [-0.4, -0.2) is 13.6 Å². The zero-order chi connectivity index (χ0) is 46.8. The molecule has 0 saturated heterocycles.